The van der Waals surface area contributed by atoms with Crippen molar-refractivity contribution in [1.29, 1.82) is 0 Å². The number of benzene rings is 3. The Hall–Kier alpha value is -2.74. The molecular formula is C21H18N2. The fourth-order valence-electron chi connectivity index (χ4n) is 3.11. The van der Waals surface area contributed by atoms with Crippen molar-refractivity contribution in [3.05, 3.63) is 72.4 Å². The molecule has 0 radical (unpaired) electrons. The molecule has 0 atom stereocenters. The third-order valence-electron chi connectivity index (χ3n) is 4.30. The van der Waals surface area contributed by atoms with Crippen LogP contribution >= 0.6 is 0 Å². The minimum absolute atomic E-state index is 0.492. The number of rotatable bonds is 2. The van der Waals surface area contributed by atoms with Gasteiger partial charge < -0.3 is 0 Å². The Morgan fingerprint density at radius 3 is 2.39 bits per heavy atom. The summed E-state index contributed by atoms with van der Waals surface area (Å²) in [6.45, 7) is 4.46. The number of fused-ring (bicyclic) bond motifs is 3. The Labute approximate surface area is 135 Å². The zero-order chi connectivity index (χ0) is 15.8. The van der Waals surface area contributed by atoms with Gasteiger partial charge in [0.1, 0.15) is 0 Å². The highest BCUT2D eigenvalue weighted by atomic mass is 14.9. The molecule has 0 saturated heterocycles. The molecule has 23 heavy (non-hydrogen) atoms. The van der Waals surface area contributed by atoms with Gasteiger partial charge in [0.05, 0.1) is 5.52 Å². The lowest BCUT2D eigenvalue weighted by atomic mass is 9.95. The predicted molar refractivity (Wildman–Crippen MR) is 96.6 cm³/mol. The summed E-state index contributed by atoms with van der Waals surface area (Å²) in [6, 6.07) is 20.9. The molecule has 4 rings (SSSR count). The van der Waals surface area contributed by atoms with Gasteiger partial charge in [0, 0.05) is 22.5 Å². The van der Waals surface area contributed by atoms with Crippen LogP contribution < -0.4 is 0 Å². The average Bonchev–Trinajstić information content (AvgIpc) is 2.61. The second-order valence-electron chi connectivity index (χ2n) is 6.16. The molecule has 3 aromatic carbocycles. The van der Waals surface area contributed by atoms with Gasteiger partial charge in [0.25, 0.3) is 0 Å². The van der Waals surface area contributed by atoms with Crippen LogP contribution in [0.15, 0.2) is 66.9 Å². The highest BCUT2D eigenvalue weighted by Gasteiger charge is 2.10. The summed E-state index contributed by atoms with van der Waals surface area (Å²) in [5.74, 6) is 1.27. The minimum atomic E-state index is 0.492. The van der Waals surface area contributed by atoms with Gasteiger partial charge in [-0.1, -0.05) is 74.5 Å². The monoisotopic (exact) mass is 298 g/mol. The molecule has 0 aliphatic rings. The summed E-state index contributed by atoms with van der Waals surface area (Å²) in [6.07, 6.45) is 1.92. The fraction of sp³-hybridized carbons (Fsp3) is 0.143. The lowest BCUT2D eigenvalue weighted by molar-refractivity contribution is 0.876. The van der Waals surface area contributed by atoms with E-state index in [1.165, 1.54) is 16.3 Å². The molecule has 0 N–H and O–H groups in total. The lowest BCUT2D eigenvalue weighted by Gasteiger charge is -2.11. The van der Waals surface area contributed by atoms with E-state index in [9.17, 15) is 0 Å². The summed E-state index contributed by atoms with van der Waals surface area (Å²) in [5, 5.41) is 3.57. The molecule has 2 heteroatoms. The number of hydrogen-bond donors (Lipinski definition) is 0. The van der Waals surface area contributed by atoms with Crippen molar-refractivity contribution in [2.45, 2.75) is 19.8 Å². The van der Waals surface area contributed by atoms with Crippen molar-refractivity contribution in [2.24, 2.45) is 0 Å². The first kappa shape index (κ1) is 13.9. The predicted octanol–water partition coefficient (Wildman–Crippen LogP) is 5.57. The molecule has 0 aliphatic carbocycles. The third kappa shape index (κ3) is 2.36. The van der Waals surface area contributed by atoms with Crippen LogP contribution in [0.1, 0.15) is 25.3 Å². The quantitative estimate of drug-likeness (QED) is 0.452. The van der Waals surface area contributed by atoms with Crippen molar-refractivity contribution in [3.8, 4) is 11.4 Å². The summed E-state index contributed by atoms with van der Waals surface area (Å²) in [4.78, 5) is 9.39. The van der Waals surface area contributed by atoms with Crippen molar-refractivity contribution < 1.29 is 0 Å². The molecule has 1 heterocycles. The van der Waals surface area contributed by atoms with Crippen LogP contribution in [0.25, 0.3) is 33.1 Å². The van der Waals surface area contributed by atoms with Crippen molar-refractivity contribution in [3.63, 3.8) is 0 Å². The van der Waals surface area contributed by atoms with E-state index in [1.54, 1.807) is 0 Å². The van der Waals surface area contributed by atoms with Gasteiger partial charge >= 0.3 is 0 Å². The van der Waals surface area contributed by atoms with Crippen LogP contribution in [0.5, 0.6) is 0 Å². The van der Waals surface area contributed by atoms with E-state index in [1.807, 2.05) is 36.5 Å². The minimum Gasteiger partial charge on any atom is -0.236 e. The number of nitrogens with zero attached hydrogens (tertiary/aromatic N) is 2. The average molecular weight is 298 g/mol. The van der Waals surface area contributed by atoms with Crippen LogP contribution in [0.2, 0.25) is 0 Å². The van der Waals surface area contributed by atoms with Crippen molar-refractivity contribution >= 4 is 21.7 Å². The Kier molecular flexibility index (Phi) is 3.30. The molecule has 1 aromatic heterocycles. The molecule has 0 aliphatic heterocycles. The van der Waals surface area contributed by atoms with E-state index < -0.39 is 0 Å². The first-order valence-corrected chi connectivity index (χ1v) is 7.98. The molecule has 112 valence electrons. The van der Waals surface area contributed by atoms with E-state index in [0.29, 0.717) is 5.92 Å². The van der Waals surface area contributed by atoms with Gasteiger partial charge in [-0.25, -0.2) is 9.97 Å². The fourth-order valence-corrected chi connectivity index (χ4v) is 3.11. The van der Waals surface area contributed by atoms with Crippen LogP contribution in [0.4, 0.5) is 0 Å². The maximum absolute atomic E-state index is 4.86. The first-order valence-electron chi connectivity index (χ1n) is 7.98. The molecule has 0 bridgehead atoms. The van der Waals surface area contributed by atoms with E-state index in [-0.39, 0.29) is 0 Å². The normalized spacial score (nSPS) is 11.4. The molecular weight excluding hydrogens is 280 g/mol. The highest BCUT2D eigenvalue weighted by Crippen LogP contribution is 2.30. The maximum Gasteiger partial charge on any atom is 0.159 e. The molecule has 4 aromatic rings. The molecule has 2 nitrogen and oxygen atoms in total. The summed E-state index contributed by atoms with van der Waals surface area (Å²) in [7, 11) is 0. The SMILES string of the molecule is CC(C)c1cccc2c1ccc1cnc(-c3ccccc3)nc12. The molecule has 0 spiro atoms. The van der Waals surface area contributed by atoms with Gasteiger partial charge in [-0.05, 0) is 16.9 Å². The Morgan fingerprint density at radius 1 is 0.783 bits per heavy atom. The maximum atomic E-state index is 4.86. The van der Waals surface area contributed by atoms with Gasteiger partial charge in [-0.2, -0.15) is 0 Å². The first-order chi connectivity index (χ1) is 11.2. The standard InChI is InChI=1S/C21H18N2/c1-14(2)17-9-6-10-19-18(17)12-11-16-13-22-21(23-20(16)19)15-7-4-3-5-8-15/h3-14H,1-2H3. The molecule has 0 amide bonds. The Bertz CT molecular complexity index is 988. The molecule has 0 saturated carbocycles. The lowest BCUT2D eigenvalue weighted by Crippen LogP contribution is -1.93. The van der Waals surface area contributed by atoms with Gasteiger partial charge in [-0.15, -0.1) is 0 Å². The van der Waals surface area contributed by atoms with Gasteiger partial charge in [0.2, 0.25) is 0 Å². The van der Waals surface area contributed by atoms with E-state index in [2.05, 4.69) is 49.2 Å². The zero-order valence-corrected chi connectivity index (χ0v) is 13.3. The number of aromatic nitrogens is 2. The van der Waals surface area contributed by atoms with Crippen LogP contribution in [0.3, 0.4) is 0 Å². The second kappa shape index (κ2) is 5.47. The van der Waals surface area contributed by atoms with Crippen molar-refractivity contribution in [1.82, 2.24) is 9.97 Å². The van der Waals surface area contributed by atoms with Crippen LogP contribution in [-0.4, -0.2) is 9.97 Å². The second-order valence-corrected chi connectivity index (χ2v) is 6.16. The summed E-state index contributed by atoms with van der Waals surface area (Å²) in [5.41, 5.74) is 3.44. The van der Waals surface area contributed by atoms with E-state index in [4.69, 9.17) is 4.98 Å². The summed E-state index contributed by atoms with van der Waals surface area (Å²) >= 11 is 0. The summed E-state index contributed by atoms with van der Waals surface area (Å²) < 4.78 is 0. The largest absolute Gasteiger partial charge is 0.236 e. The molecule has 0 fully saturated rings. The van der Waals surface area contributed by atoms with E-state index in [0.717, 1.165) is 22.3 Å². The van der Waals surface area contributed by atoms with Crippen molar-refractivity contribution in [2.75, 3.05) is 0 Å². The Morgan fingerprint density at radius 2 is 1.61 bits per heavy atom. The van der Waals surface area contributed by atoms with Crippen LogP contribution in [0, 0.1) is 0 Å². The topological polar surface area (TPSA) is 25.8 Å². The molecule has 0 unspecified atom stereocenters. The highest BCUT2D eigenvalue weighted by molar-refractivity contribution is 6.06. The smallest absolute Gasteiger partial charge is 0.159 e. The third-order valence-corrected chi connectivity index (χ3v) is 4.30. The van der Waals surface area contributed by atoms with Crippen LogP contribution in [-0.2, 0) is 0 Å². The van der Waals surface area contributed by atoms with Gasteiger partial charge in [0.15, 0.2) is 5.82 Å². The van der Waals surface area contributed by atoms with Gasteiger partial charge in [-0.3, -0.25) is 0 Å². The zero-order valence-electron chi connectivity index (χ0n) is 13.3. The van der Waals surface area contributed by atoms with E-state index >= 15 is 0 Å². The number of hydrogen-bond acceptors (Lipinski definition) is 2. The Balaban J connectivity index is 2.03.